The predicted molar refractivity (Wildman–Crippen MR) is 90.9 cm³/mol. The van der Waals surface area contributed by atoms with Gasteiger partial charge in [-0.25, -0.2) is 9.80 Å². The van der Waals surface area contributed by atoms with E-state index in [2.05, 4.69) is 5.10 Å². The molecule has 0 bridgehead atoms. The molecule has 7 nitrogen and oxygen atoms in total. The molecule has 0 spiro atoms. The second kappa shape index (κ2) is 7.09. The fourth-order valence-electron chi connectivity index (χ4n) is 3.37. The summed E-state index contributed by atoms with van der Waals surface area (Å²) in [4.78, 5) is 24.8. The number of rotatable bonds is 6. The van der Waals surface area contributed by atoms with Crippen molar-refractivity contribution < 1.29 is 19.8 Å². The van der Waals surface area contributed by atoms with Crippen molar-refractivity contribution in [2.75, 3.05) is 19.6 Å². The number of amides is 2. The highest BCUT2D eigenvalue weighted by Gasteiger charge is 2.34. The zero-order valence-corrected chi connectivity index (χ0v) is 14.9. The van der Waals surface area contributed by atoms with E-state index in [0.717, 1.165) is 25.7 Å². The quantitative estimate of drug-likeness (QED) is 0.776. The average Bonchev–Trinajstić information content (AvgIpc) is 3.01. The second-order valence-corrected chi connectivity index (χ2v) is 8.24. The molecule has 0 radical (unpaired) electrons. The molecule has 0 unspecified atom stereocenters. The maximum absolute atomic E-state index is 12.1. The summed E-state index contributed by atoms with van der Waals surface area (Å²) < 4.78 is 0. The van der Waals surface area contributed by atoms with Crippen molar-refractivity contribution in [2.45, 2.75) is 64.9 Å². The number of hydrogen-bond acceptors (Lipinski definition) is 4. The van der Waals surface area contributed by atoms with Crippen LogP contribution in [0.1, 0.15) is 59.3 Å². The molecule has 0 aromatic heterocycles. The van der Waals surface area contributed by atoms with Gasteiger partial charge in [0.25, 0.3) is 0 Å². The van der Waals surface area contributed by atoms with E-state index in [4.69, 9.17) is 0 Å². The number of carbonyl (C=O) groups is 2. The third kappa shape index (κ3) is 5.19. The first-order valence-corrected chi connectivity index (χ1v) is 8.65. The van der Waals surface area contributed by atoms with Crippen molar-refractivity contribution in [3.63, 3.8) is 0 Å². The summed E-state index contributed by atoms with van der Waals surface area (Å²) in [6.07, 6.45) is 3.30. The predicted octanol–water partition coefficient (Wildman–Crippen LogP) is 2.30. The van der Waals surface area contributed by atoms with Gasteiger partial charge in [0.05, 0.1) is 24.3 Å². The second-order valence-electron chi connectivity index (χ2n) is 8.24. The van der Waals surface area contributed by atoms with Crippen LogP contribution in [0.3, 0.4) is 0 Å². The van der Waals surface area contributed by atoms with Crippen LogP contribution in [0.25, 0.3) is 0 Å². The van der Waals surface area contributed by atoms with Gasteiger partial charge in [-0.15, -0.1) is 0 Å². The summed E-state index contributed by atoms with van der Waals surface area (Å²) in [7, 11) is 0. The van der Waals surface area contributed by atoms with Crippen LogP contribution < -0.4 is 0 Å². The Kier molecular flexibility index (Phi) is 5.52. The molecule has 0 atom stereocenters. The van der Waals surface area contributed by atoms with Gasteiger partial charge in [0, 0.05) is 13.1 Å². The first-order chi connectivity index (χ1) is 11.1. The SMILES string of the molecule is CC(C)(C)CN(CC1=NN(CCC2(O)CCCC2)C(=O)C1)C(=O)O. The van der Waals surface area contributed by atoms with E-state index < -0.39 is 11.7 Å². The lowest BCUT2D eigenvalue weighted by molar-refractivity contribution is -0.129. The summed E-state index contributed by atoms with van der Waals surface area (Å²) in [5, 5.41) is 25.4. The van der Waals surface area contributed by atoms with Gasteiger partial charge in [0.15, 0.2) is 0 Å². The van der Waals surface area contributed by atoms with E-state index in [1.165, 1.54) is 9.91 Å². The molecule has 2 aliphatic rings. The lowest BCUT2D eigenvalue weighted by atomic mass is 9.96. The molecule has 1 aliphatic carbocycles. The molecule has 2 N–H and O–H groups in total. The molecule has 0 aromatic rings. The number of carbonyl (C=O) groups excluding carboxylic acids is 1. The van der Waals surface area contributed by atoms with Crippen LogP contribution in [0.5, 0.6) is 0 Å². The van der Waals surface area contributed by atoms with Crippen LogP contribution in [0.15, 0.2) is 5.10 Å². The number of hydrazone groups is 1. The average molecular weight is 339 g/mol. The van der Waals surface area contributed by atoms with Crippen LogP contribution in [-0.2, 0) is 4.79 Å². The molecular weight excluding hydrogens is 310 g/mol. The van der Waals surface area contributed by atoms with Crippen LogP contribution in [-0.4, -0.2) is 63.1 Å². The van der Waals surface area contributed by atoms with Gasteiger partial charge in [0.2, 0.25) is 5.91 Å². The summed E-state index contributed by atoms with van der Waals surface area (Å²) >= 11 is 0. The maximum Gasteiger partial charge on any atom is 0.407 e. The van der Waals surface area contributed by atoms with E-state index in [9.17, 15) is 19.8 Å². The molecule has 1 heterocycles. The highest BCUT2D eigenvalue weighted by Crippen LogP contribution is 2.32. The van der Waals surface area contributed by atoms with Crippen LogP contribution in [0, 0.1) is 5.41 Å². The Morgan fingerprint density at radius 2 is 1.96 bits per heavy atom. The highest BCUT2D eigenvalue weighted by molar-refractivity contribution is 6.06. The monoisotopic (exact) mass is 339 g/mol. The molecule has 2 amide bonds. The molecule has 0 aromatic carbocycles. The normalized spacial score (nSPS) is 20.4. The molecule has 1 saturated carbocycles. The lowest BCUT2D eigenvalue weighted by Gasteiger charge is -2.27. The highest BCUT2D eigenvalue weighted by atomic mass is 16.4. The minimum absolute atomic E-state index is 0.118. The van der Waals surface area contributed by atoms with Crippen molar-refractivity contribution in [1.82, 2.24) is 9.91 Å². The number of aliphatic hydroxyl groups is 1. The minimum Gasteiger partial charge on any atom is -0.465 e. The van der Waals surface area contributed by atoms with Crippen LogP contribution in [0.2, 0.25) is 0 Å². The summed E-state index contributed by atoms with van der Waals surface area (Å²) in [6.45, 7) is 6.84. The van der Waals surface area contributed by atoms with E-state index in [1.54, 1.807) is 0 Å². The summed E-state index contributed by atoms with van der Waals surface area (Å²) in [5.74, 6) is -0.118. The van der Waals surface area contributed by atoms with Crippen molar-refractivity contribution >= 4 is 17.7 Å². The van der Waals surface area contributed by atoms with Crippen molar-refractivity contribution in [2.24, 2.45) is 10.5 Å². The molecule has 24 heavy (non-hydrogen) atoms. The van der Waals surface area contributed by atoms with Crippen molar-refractivity contribution in [1.29, 1.82) is 0 Å². The topological polar surface area (TPSA) is 93.4 Å². The molecule has 1 fully saturated rings. The largest absolute Gasteiger partial charge is 0.465 e. The standard InChI is InChI=1S/C17H29N3O4/c1-16(2,3)12-19(15(22)23)11-13-10-14(21)20(18-13)9-8-17(24)6-4-5-7-17/h24H,4-12H2,1-3H3,(H,22,23). The zero-order valence-electron chi connectivity index (χ0n) is 14.9. The smallest absolute Gasteiger partial charge is 0.407 e. The fraction of sp³-hybridized carbons (Fsp3) is 0.824. The van der Waals surface area contributed by atoms with E-state index in [0.29, 0.717) is 25.2 Å². The van der Waals surface area contributed by atoms with Crippen LogP contribution >= 0.6 is 0 Å². The van der Waals surface area contributed by atoms with Crippen molar-refractivity contribution in [3.8, 4) is 0 Å². The van der Waals surface area contributed by atoms with Gasteiger partial charge in [-0.2, -0.15) is 5.10 Å². The third-order valence-electron chi connectivity index (χ3n) is 4.54. The van der Waals surface area contributed by atoms with Gasteiger partial charge in [-0.1, -0.05) is 33.6 Å². The van der Waals surface area contributed by atoms with Gasteiger partial charge in [-0.05, 0) is 24.7 Å². The Hall–Kier alpha value is -1.63. The van der Waals surface area contributed by atoms with Crippen LogP contribution in [0.4, 0.5) is 4.79 Å². The minimum atomic E-state index is -1.00. The molecular formula is C17H29N3O4. The first kappa shape index (κ1) is 18.7. The molecule has 2 rings (SSSR count). The van der Waals surface area contributed by atoms with E-state index >= 15 is 0 Å². The van der Waals surface area contributed by atoms with Gasteiger partial charge in [0.1, 0.15) is 0 Å². The zero-order chi connectivity index (χ0) is 18.0. The lowest BCUT2D eigenvalue weighted by Crippen LogP contribution is -2.40. The van der Waals surface area contributed by atoms with Gasteiger partial charge in [-0.3, -0.25) is 4.79 Å². The third-order valence-corrected chi connectivity index (χ3v) is 4.54. The van der Waals surface area contributed by atoms with E-state index in [1.807, 2.05) is 20.8 Å². The Morgan fingerprint density at radius 1 is 1.33 bits per heavy atom. The molecule has 1 aliphatic heterocycles. The number of nitrogens with zero attached hydrogens (tertiary/aromatic N) is 3. The fourth-order valence-corrected chi connectivity index (χ4v) is 3.37. The molecule has 7 heteroatoms. The van der Waals surface area contributed by atoms with E-state index in [-0.39, 0.29) is 24.3 Å². The summed E-state index contributed by atoms with van der Waals surface area (Å²) in [5.41, 5.74) is -0.254. The number of hydrogen-bond donors (Lipinski definition) is 2. The Bertz CT molecular complexity index is 518. The van der Waals surface area contributed by atoms with Gasteiger partial charge >= 0.3 is 6.09 Å². The Labute approximate surface area is 143 Å². The Morgan fingerprint density at radius 3 is 2.50 bits per heavy atom. The maximum atomic E-state index is 12.1. The number of carboxylic acid groups (broad SMARTS) is 1. The molecule has 0 saturated heterocycles. The first-order valence-electron chi connectivity index (χ1n) is 8.65. The Balaban J connectivity index is 1.93. The summed E-state index contributed by atoms with van der Waals surface area (Å²) in [6, 6.07) is 0. The molecule has 136 valence electrons. The van der Waals surface area contributed by atoms with Crippen molar-refractivity contribution in [3.05, 3.63) is 0 Å². The van der Waals surface area contributed by atoms with Gasteiger partial charge < -0.3 is 15.1 Å².